The number of phenols is 1. The molecule has 0 spiro atoms. The summed E-state index contributed by atoms with van der Waals surface area (Å²) in [5.74, 6) is -2.52. The predicted octanol–water partition coefficient (Wildman–Crippen LogP) is 4.79. The van der Waals surface area contributed by atoms with E-state index in [9.17, 15) is 23.1 Å². The molecule has 1 aliphatic rings. The van der Waals surface area contributed by atoms with Gasteiger partial charge in [0.25, 0.3) is 5.76 Å². The summed E-state index contributed by atoms with van der Waals surface area (Å²) in [6.45, 7) is 8.01. The van der Waals surface area contributed by atoms with Crippen molar-refractivity contribution >= 4 is 11.0 Å². The Morgan fingerprint density at radius 1 is 1.03 bits per heavy atom. The largest absolute Gasteiger partial charge is 0.507 e. The number of ether oxygens (including phenoxy) is 1. The van der Waals surface area contributed by atoms with Crippen LogP contribution in [-0.2, 0) is 18.1 Å². The van der Waals surface area contributed by atoms with E-state index in [1.165, 1.54) is 24.3 Å². The van der Waals surface area contributed by atoms with Crippen LogP contribution >= 0.6 is 0 Å². The molecule has 0 atom stereocenters. The molecular formula is C25H27F3NO4+. The number of alkyl halides is 3. The van der Waals surface area contributed by atoms with Gasteiger partial charge in [0.2, 0.25) is 11.2 Å². The summed E-state index contributed by atoms with van der Waals surface area (Å²) < 4.78 is 52.5. The quantitative estimate of drug-likeness (QED) is 0.586. The van der Waals surface area contributed by atoms with E-state index < -0.39 is 23.1 Å². The first-order chi connectivity index (χ1) is 15.4. The fraction of sp³-hybridized carbons (Fsp3) is 0.400. The van der Waals surface area contributed by atoms with Gasteiger partial charge >= 0.3 is 6.18 Å². The molecule has 0 amide bonds. The first-order valence-electron chi connectivity index (χ1n) is 11.0. The molecule has 8 heteroatoms. The molecule has 0 radical (unpaired) electrons. The average molecular weight is 462 g/mol. The molecule has 2 heterocycles. The van der Waals surface area contributed by atoms with Gasteiger partial charge in [0, 0.05) is 12.8 Å². The Bertz CT molecular complexity index is 1220. The molecule has 1 aromatic heterocycles. The number of quaternary nitrogens is 1. The molecule has 0 aliphatic carbocycles. The smallest absolute Gasteiger partial charge is 0.453 e. The molecule has 0 saturated carbocycles. The molecule has 4 rings (SSSR count). The second kappa shape index (κ2) is 8.41. The summed E-state index contributed by atoms with van der Waals surface area (Å²) in [5, 5.41) is 10.3. The van der Waals surface area contributed by atoms with Crippen LogP contribution < -0.4 is 15.1 Å². The van der Waals surface area contributed by atoms with Crippen LogP contribution in [0, 0.1) is 0 Å². The number of rotatable bonds is 4. The maximum Gasteiger partial charge on any atom is 0.453 e. The van der Waals surface area contributed by atoms with Crippen LogP contribution in [0.25, 0.3) is 11.0 Å². The third-order valence-electron chi connectivity index (χ3n) is 6.03. The molecule has 0 unspecified atom stereocenters. The number of aromatic hydroxyl groups is 1. The fourth-order valence-corrected chi connectivity index (χ4v) is 4.18. The van der Waals surface area contributed by atoms with E-state index in [2.05, 4.69) is 0 Å². The van der Waals surface area contributed by atoms with Crippen molar-refractivity contribution in [2.75, 3.05) is 13.1 Å². The molecular weight excluding hydrogens is 435 g/mol. The Hall–Kier alpha value is -3.00. The van der Waals surface area contributed by atoms with Gasteiger partial charge in [0.05, 0.1) is 24.0 Å². The van der Waals surface area contributed by atoms with E-state index in [1.54, 1.807) is 12.1 Å². The summed E-state index contributed by atoms with van der Waals surface area (Å²) in [7, 11) is 0. The highest BCUT2D eigenvalue weighted by Crippen LogP contribution is 2.40. The van der Waals surface area contributed by atoms with Crippen LogP contribution in [0.3, 0.4) is 0 Å². The summed E-state index contributed by atoms with van der Waals surface area (Å²) in [4.78, 5) is 14.3. The van der Waals surface area contributed by atoms with Gasteiger partial charge in [-0.1, -0.05) is 32.9 Å². The maximum atomic E-state index is 13.9. The lowest BCUT2D eigenvalue weighted by atomic mass is 9.87. The summed E-state index contributed by atoms with van der Waals surface area (Å²) in [6, 6.07) is 9.15. The van der Waals surface area contributed by atoms with Crippen molar-refractivity contribution < 1.29 is 32.3 Å². The minimum absolute atomic E-state index is 0.0595. The van der Waals surface area contributed by atoms with Crippen LogP contribution in [0.4, 0.5) is 13.2 Å². The molecule has 0 bridgehead atoms. The molecule has 3 aromatic rings. The second-order valence-electron chi connectivity index (χ2n) is 9.54. The van der Waals surface area contributed by atoms with Crippen molar-refractivity contribution in [3.8, 4) is 17.2 Å². The van der Waals surface area contributed by atoms with Crippen molar-refractivity contribution in [2.24, 2.45) is 0 Å². The zero-order chi connectivity index (χ0) is 24.0. The molecule has 33 heavy (non-hydrogen) atoms. The third-order valence-corrected chi connectivity index (χ3v) is 6.03. The lowest BCUT2D eigenvalue weighted by Gasteiger charge is -2.19. The Morgan fingerprint density at radius 2 is 1.67 bits per heavy atom. The van der Waals surface area contributed by atoms with Gasteiger partial charge < -0.3 is 19.2 Å². The number of benzene rings is 2. The van der Waals surface area contributed by atoms with E-state index in [0.717, 1.165) is 36.4 Å². The second-order valence-corrected chi connectivity index (χ2v) is 9.54. The van der Waals surface area contributed by atoms with Crippen molar-refractivity contribution in [3.63, 3.8) is 0 Å². The minimum atomic E-state index is -4.96. The zero-order valence-corrected chi connectivity index (χ0v) is 18.8. The van der Waals surface area contributed by atoms with Gasteiger partial charge in [-0.15, -0.1) is 0 Å². The Balaban J connectivity index is 1.83. The highest BCUT2D eigenvalue weighted by molar-refractivity contribution is 5.83. The minimum Gasteiger partial charge on any atom is -0.507 e. The Labute approximate surface area is 189 Å². The standard InChI is InChI=1S/C25H26F3NO4/c1-24(2,3)15-6-8-16(9-7-15)32-22-20(31)17-10-11-19(30)18(14-29-12-4-5-13-29)21(17)33-23(22)25(26,27)28/h6-11,30H,4-5,12-14H2,1-3H3/p+1. The molecule has 176 valence electrons. The van der Waals surface area contributed by atoms with Crippen molar-refractivity contribution in [1.29, 1.82) is 0 Å². The Morgan fingerprint density at radius 3 is 2.24 bits per heavy atom. The van der Waals surface area contributed by atoms with Gasteiger partial charge in [0.1, 0.15) is 18.0 Å². The van der Waals surface area contributed by atoms with Gasteiger partial charge in [-0.05, 0) is 35.2 Å². The molecule has 2 aromatic carbocycles. The van der Waals surface area contributed by atoms with Gasteiger partial charge in [-0.25, -0.2) is 0 Å². The molecule has 1 fully saturated rings. The lowest BCUT2D eigenvalue weighted by Crippen LogP contribution is -3.08. The monoisotopic (exact) mass is 462 g/mol. The van der Waals surface area contributed by atoms with E-state index >= 15 is 0 Å². The molecule has 2 N–H and O–H groups in total. The number of likely N-dealkylation sites (tertiary alicyclic amines) is 1. The lowest BCUT2D eigenvalue weighted by molar-refractivity contribution is -0.901. The van der Waals surface area contributed by atoms with E-state index in [0.29, 0.717) is 0 Å². The van der Waals surface area contributed by atoms with Crippen molar-refractivity contribution in [2.45, 2.75) is 51.7 Å². The van der Waals surface area contributed by atoms with E-state index in [1.807, 2.05) is 20.8 Å². The SMILES string of the molecule is CC(C)(C)c1ccc(Oc2c(C(F)(F)F)oc3c(C[NH+]4CCCC4)c(O)ccc3c2=O)cc1. The molecule has 5 nitrogen and oxygen atoms in total. The summed E-state index contributed by atoms with van der Waals surface area (Å²) in [5.41, 5.74) is -0.148. The number of halogens is 3. The summed E-state index contributed by atoms with van der Waals surface area (Å²) >= 11 is 0. The number of hydrogen-bond donors (Lipinski definition) is 2. The first kappa shape index (κ1) is 23.2. The van der Waals surface area contributed by atoms with Gasteiger partial charge in [-0.2, -0.15) is 13.2 Å². The number of fused-ring (bicyclic) bond motifs is 1. The number of hydrogen-bond acceptors (Lipinski definition) is 4. The zero-order valence-electron chi connectivity index (χ0n) is 18.8. The third kappa shape index (κ3) is 4.71. The fourth-order valence-electron chi connectivity index (χ4n) is 4.18. The van der Waals surface area contributed by atoms with Crippen LogP contribution in [0.1, 0.15) is 50.5 Å². The van der Waals surface area contributed by atoms with Gasteiger partial charge in [0.15, 0.2) is 5.58 Å². The molecule has 1 aliphatic heterocycles. The Kier molecular flexibility index (Phi) is 5.90. The van der Waals surface area contributed by atoms with Crippen LogP contribution in [0.5, 0.6) is 17.2 Å². The van der Waals surface area contributed by atoms with E-state index in [4.69, 9.17) is 9.15 Å². The van der Waals surface area contributed by atoms with E-state index in [-0.39, 0.29) is 40.0 Å². The maximum absolute atomic E-state index is 13.9. The number of nitrogens with one attached hydrogen (secondary N) is 1. The molecule has 1 saturated heterocycles. The van der Waals surface area contributed by atoms with Crippen molar-refractivity contribution in [3.05, 3.63) is 63.5 Å². The van der Waals surface area contributed by atoms with Crippen molar-refractivity contribution in [1.82, 2.24) is 0 Å². The van der Waals surface area contributed by atoms with Crippen LogP contribution in [0.2, 0.25) is 0 Å². The topological polar surface area (TPSA) is 64.1 Å². The highest BCUT2D eigenvalue weighted by Gasteiger charge is 2.41. The number of phenolic OH excluding ortho intramolecular Hbond substituents is 1. The average Bonchev–Trinajstić information content (AvgIpc) is 3.24. The van der Waals surface area contributed by atoms with Crippen LogP contribution in [0.15, 0.2) is 45.6 Å². The van der Waals surface area contributed by atoms with Gasteiger partial charge in [-0.3, -0.25) is 4.79 Å². The first-order valence-corrected chi connectivity index (χ1v) is 11.0. The predicted molar refractivity (Wildman–Crippen MR) is 118 cm³/mol. The normalized spacial score (nSPS) is 15.3. The highest BCUT2D eigenvalue weighted by atomic mass is 19.4. The van der Waals surface area contributed by atoms with Crippen LogP contribution in [-0.4, -0.2) is 18.2 Å². The summed E-state index contributed by atoms with van der Waals surface area (Å²) in [6.07, 6.45) is -2.95.